The summed E-state index contributed by atoms with van der Waals surface area (Å²) in [6.45, 7) is 7.43. The molecule has 0 spiro atoms. The smallest absolute Gasteiger partial charge is 0.407 e. The number of nitrogens with one attached hydrogen (secondary N) is 2. The van der Waals surface area contributed by atoms with Crippen LogP contribution in [0.1, 0.15) is 33.6 Å². The Morgan fingerprint density at radius 3 is 2.63 bits per heavy atom. The van der Waals surface area contributed by atoms with Gasteiger partial charge >= 0.3 is 12.1 Å². The minimum absolute atomic E-state index is 0.105. The summed E-state index contributed by atoms with van der Waals surface area (Å²) >= 11 is 0. The average Bonchev–Trinajstić information content (AvgIpc) is 2.24. The number of carboxylic acid groups (broad SMARTS) is 1. The van der Waals surface area contributed by atoms with E-state index in [1.165, 1.54) is 0 Å². The van der Waals surface area contributed by atoms with E-state index in [2.05, 4.69) is 10.6 Å². The molecule has 6 heteroatoms. The Labute approximate surface area is 113 Å². The lowest BCUT2D eigenvalue weighted by molar-refractivity contribution is -0.138. The Kier molecular flexibility index (Phi) is 5.60. The molecule has 1 aliphatic heterocycles. The molecule has 1 amide bonds. The number of amides is 1. The van der Waals surface area contributed by atoms with Gasteiger partial charge < -0.3 is 20.5 Å². The highest BCUT2D eigenvalue weighted by atomic mass is 16.6. The van der Waals surface area contributed by atoms with Crippen LogP contribution in [0.25, 0.3) is 0 Å². The third-order valence-corrected chi connectivity index (χ3v) is 3.11. The summed E-state index contributed by atoms with van der Waals surface area (Å²) in [5.41, 5.74) is -0.518. The molecule has 0 saturated carbocycles. The zero-order valence-corrected chi connectivity index (χ0v) is 11.9. The standard InChI is InChI=1S/C13H24N2O4/c1-13(2,3)19-12(18)15-8-10-7-14-5-4-9(10)6-11(16)17/h9-10,14H,4-8H2,1-3H3,(H,15,18)(H,16,17). The highest BCUT2D eigenvalue weighted by molar-refractivity contribution is 5.68. The number of piperidine rings is 1. The van der Waals surface area contributed by atoms with E-state index >= 15 is 0 Å². The largest absolute Gasteiger partial charge is 0.481 e. The van der Waals surface area contributed by atoms with Gasteiger partial charge in [-0.3, -0.25) is 4.79 Å². The van der Waals surface area contributed by atoms with Crippen LogP contribution in [0.15, 0.2) is 0 Å². The number of alkyl carbamates (subject to hydrolysis) is 1. The van der Waals surface area contributed by atoms with Crippen molar-refractivity contribution in [2.45, 2.75) is 39.2 Å². The van der Waals surface area contributed by atoms with Crippen LogP contribution >= 0.6 is 0 Å². The number of hydrogen-bond donors (Lipinski definition) is 3. The van der Waals surface area contributed by atoms with Gasteiger partial charge in [-0.25, -0.2) is 4.79 Å². The second kappa shape index (κ2) is 6.75. The lowest BCUT2D eigenvalue weighted by Gasteiger charge is -2.31. The summed E-state index contributed by atoms with van der Waals surface area (Å²) < 4.78 is 5.16. The SMILES string of the molecule is CC(C)(C)OC(=O)NCC1CNCCC1CC(=O)O. The number of aliphatic carboxylic acids is 1. The van der Waals surface area contributed by atoms with E-state index in [4.69, 9.17) is 9.84 Å². The summed E-state index contributed by atoms with van der Waals surface area (Å²) in [6, 6.07) is 0. The van der Waals surface area contributed by atoms with Crippen LogP contribution in [0.4, 0.5) is 4.79 Å². The van der Waals surface area contributed by atoms with Gasteiger partial charge in [-0.2, -0.15) is 0 Å². The normalized spacial score (nSPS) is 23.7. The van der Waals surface area contributed by atoms with Crippen LogP contribution < -0.4 is 10.6 Å². The molecule has 0 aromatic rings. The number of carbonyl (C=O) groups is 2. The third-order valence-electron chi connectivity index (χ3n) is 3.11. The molecule has 0 aliphatic carbocycles. The predicted octanol–water partition coefficient (Wildman–Crippen LogP) is 1.21. The first-order valence-electron chi connectivity index (χ1n) is 6.67. The second-order valence-electron chi connectivity index (χ2n) is 5.99. The molecule has 0 aromatic carbocycles. The summed E-state index contributed by atoms with van der Waals surface area (Å²) in [4.78, 5) is 22.4. The van der Waals surface area contributed by atoms with Crippen LogP contribution in [0.3, 0.4) is 0 Å². The monoisotopic (exact) mass is 272 g/mol. The minimum atomic E-state index is -0.783. The lowest BCUT2D eigenvalue weighted by Crippen LogP contribution is -2.44. The van der Waals surface area contributed by atoms with E-state index < -0.39 is 17.7 Å². The van der Waals surface area contributed by atoms with Gasteiger partial charge in [0.1, 0.15) is 5.60 Å². The predicted molar refractivity (Wildman–Crippen MR) is 71.0 cm³/mol. The number of rotatable bonds is 4. The van der Waals surface area contributed by atoms with E-state index in [-0.39, 0.29) is 18.3 Å². The molecule has 1 fully saturated rings. The number of carbonyl (C=O) groups excluding carboxylic acids is 1. The van der Waals surface area contributed by atoms with Gasteiger partial charge in [0.05, 0.1) is 0 Å². The Bertz CT molecular complexity index is 325. The van der Waals surface area contributed by atoms with E-state index in [1.807, 2.05) is 20.8 Å². The van der Waals surface area contributed by atoms with Gasteiger partial charge in [0.25, 0.3) is 0 Å². The maximum atomic E-state index is 11.6. The molecule has 3 N–H and O–H groups in total. The molecule has 2 atom stereocenters. The van der Waals surface area contributed by atoms with Gasteiger partial charge in [0.15, 0.2) is 0 Å². The number of hydrogen-bond acceptors (Lipinski definition) is 4. The third kappa shape index (κ3) is 6.42. The minimum Gasteiger partial charge on any atom is -0.481 e. The molecule has 110 valence electrons. The fraction of sp³-hybridized carbons (Fsp3) is 0.846. The lowest BCUT2D eigenvalue weighted by atomic mass is 9.84. The van der Waals surface area contributed by atoms with Crippen molar-refractivity contribution < 1.29 is 19.4 Å². The molecule has 2 unspecified atom stereocenters. The first-order valence-corrected chi connectivity index (χ1v) is 6.67. The molecule has 0 bridgehead atoms. The Morgan fingerprint density at radius 1 is 1.37 bits per heavy atom. The highest BCUT2D eigenvalue weighted by Crippen LogP contribution is 2.22. The van der Waals surface area contributed by atoms with Crippen LogP contribution in [0.5, 0.6) is 0 Å². The maximum absolute atomic E-state index is 11.6. The second-order valence-corrected chi connectivity index (χ2v) is 5.99. The summed E-state index contributed by atoms with van der Waals surface area (Å²) in [6.07, 6.45) is 0.530. The van der Waals surface area contributed by atoms with Crippen molar-refractivity contribution in [3.05, 3.63) is 0 Å². The van der Waals surface area contributed by atoms with Crippen molar-refractivity contribution in [2.75, 3.05) is 19.6 Å². The zero-order chi connectivity index (χ0) is 14.5. The zero-order valence-electron chi connectivity index (χ0n) is 11.9. The summed E-state index contributed by atoms with van der Waals surface area (Å²) in [5.74, 6) is -0.541. The molecule has 6 nitrogen and oxygen atoms in total. The molecule has 1 rings (SSSR count). The highest BCUT2D eigenvalue weighted by Gasteiger charge is 2.27. The Balaban J connectivity index is 2.40. The van der Waals surface area contributed by atoms with Crippen molar-refractivity contribution in [1.82, 2.24) is 10.6 Å². The summed E-state index contributed by atoms with van der Waals surface area (Å²) in [5, 5.41) is 14.8. The van der Waals surface area contributed by atoms with Crippen LogP contribution in [0, 0.1) is 11.8 Å². The van der Waals surface area contributed by atoms with E-state index in [9.17, 15) is 9.59 Å². The molecular weight excluding hydrogens is 248 g/mol. The van der Waals surface area contributed by atoms with Crippen LogP contribution in [-0.2, 0) is 9.53 Å². The van der Waals surface area contributed by atoms with E-state index in [1.54, 1.807) is 0 Å². The molecule has 0 aromatic heterocycles. The molecule has 1 heterocycles. The topological polar surface area (TPSA) is 87.7 Å². The first-order chi connectivity index (χ1) is 8.78. The van der Waals surface area contributed by atoms with E-state index in [0.717, 1.165) is 19.5 Å². The molecule has 1 aliphatic rings. The van der Waals surface area contributed by atoms with Crippen molar-refractivity contribution >= 4 is 12.1 Å². The molecule has 1 saturated heterocycles. The molecule has 0 radical (unpaired) electrons. The maximum Gasteiger partial charge on any atom is 0.407 e. The fourth-order valence-corrected chi connectivity index (χ4v) is 2.24. The van der Waals surface area contributed by atoms with Gasteiger partial charge in [0.2, 0.25) is 0 Å². The molecule has 19 heavy (non-hydrogen) atoms. The number of ether oxygens (including phenoxy) is 1. The van der Waals surface area contributed by atoms with Gasteiger partial charge in [-0.1, -0.05) is 0 Å². The Morgan fingerprint density at radius 2 is 2.05 bits per heavy atom. The van der Waals surface area contributed by atoms with Crippen molar-refractivity contribution in [3.8, 4) is 0 Å². The quantitative estimate of drug-likeness (QED) is 0.716. The first kappa shape index (κ1) is 15.8. The van der Waals surface area contributed by atoms with Crippen LogP contribution in [0.2, 0.25) is 0 Å². The number of carboxylic acids is 1. The van der Waals surface area contributed by atoms with Gasteiger partial charge in [0, 0.05) is 13.0 Å². The van der Waals surface area contributed by atoms with Crippen molar-refractivity contribution in [2.24, 2.45) is 11.8 Å². The average molecular weight is 272 g/mol. The Hall–Kier alpha value is -1.30. The van der Waals surface area contributed by atoms with Crippen molar-refractivity contribution in [3.63, 3.8) is 0 Å². The van der Waals surface area contributed by atoms with Crippen molar-refractivity contribution in [1.29, 1.82) is 0 Å². The van der Waals surface area contributed by atoms with Gasteiger partial charge in [-0.05, 0) is 52.1 Å². The summed E-state index contributed by atoms with van der Waals surface area (Å²) in [7, 11) is 0. The van der Waals surface area contributed by atoms with Gasteiger partial charge in [-0.15, -0.1) is 0 Å². The molecular formula is C13H24N2O4. The van der Waals surface area contributed by atoms with Crippen LogP contribution in [-0.4, -0.2) is 42.4 Å². The fourth-order valence-electron chi connectivity index (χ4n) is 2.24. The van der Waals surface area contributed by atoms with E-state index in [0.29, 0.717) is 6.54 Å².